The number of ether oxygens (including phenoxy) is 1. The lowest BCUT2D eigenvalue weighted by molar-refractivity contribution is -0.124. The van der Waals surface area contributed by atoms with Crippen LogP contribution >= 0.6 is 11.3 Å². The van der Waals surface area contributed by atoms with E-state index in [1.165, 1.54) is 11.3 Å². The number of nitrogens with one attached hydrogen (secondary N) is 1. The van der Waals surface area contributed by atoms with Gasteiger partial charge in [-0.15, -0.1) is 11.3 Å². The quantitative estimate of drug-likeness (QED) is 0.834. The average Bonchev–Trinajstić information content (AvgIpc) is 3.35. The summed E-state index contributed by atoms with van der Waals surface area (Å²) in [4.78, 5) is 33.6. The Morgan fingerprint density at radius 2 is 2.04 bits per heavy atom. The molecular weight excluding hydrogens is 380 g/mol. The Hall–Kier alpha value is -2.46. The number of nitrogens with zero attached hydrogens (tertiary/aromatic N) is 5. The summed E-state index contributed by atoms with van der Waals surface area (Å²) in [5, 5.41) is 9.84. The first-order valence-corrected chi connectivity index (χ1v) is 10.2. The molecule has 2 fully saturated rings. The number of rotatable bonds is 4. The number of thiazole rings is 1. The van der Waals surface area contributed by atoms with Crippen LogP contribution in [0.5, 0.6) is 0 Å². The van der Waals surface area contributed by atoms with Gasteiger partial charge < -0.3 is 15.0 Å². The second-order valence-electron chi connectivity index (χ2n) is 7.70. The van der Waals surface area contributed by atoms with E-state index in [1.807, 2.05) is 13.8 Å². The van der Waals surface area contributed by atoms with Gasteiger partial charge in [0.1, 0.15) is 11.4 Å². The van der Waals surface area contributed by atoms with Crippen molar-refractivity contribution in [2.45, 2.75) is 20.3 Å². The van der Waals surface area contributed by atoms with E-state index in [2.05, 4.69) is 20.3 Å². The molecule has 2 aromatic rings. The molecule has 150 valence electrons. The second-order valence-corrected chi connectivity index (χ2v) is 8.54. The van der Waals surface area contributed by atoms with Crippen LogP contribution in [0.15, 0.2) is 11.6 Å². The summed E-state index contributed by atoms with van der Waals surface area (Å²) in [5.74, 6) is 0.191. The number of hydrogen-bond donors (Lipinski definition) is 1. The molecule has 2 amide bonds. The Labute approximate surface area is 167 Å². The molecule has 10 heteroatoms. The van der Waals surface area contributed by atoms with Gasteiger partial charge in [-0.25, -0.2) is 4.98 Å². The van der Waals surface area contributed by atoms with Crippen molar-refractivity contribution in [1.82, 2.24) is 14.8 Å². The van der Waals surface area contributed by atoms with Gasteiger partial charge in [0.2, 0.25) is 5.91 Å². The third-order valence-electron chi connectivity index (χ3n) is 5.10. The van der Waals surface area contributed by atoms with Gasteiger partial charge in [0.15, 0.2) is 10.9 Å². The van der Waals surface area contributed by atoms with E-state index < -0.39 is 5.41 Å². The maximum absolute atomic E-state index is 12.7. The standard InChI is InChI=1S/C18H24N6O3S/c1-18(2)4-5-24(16(18)26)14-12(10-22(3)21-14)19-15(25)13-11-28-17(20-13)23-6-8-27-9-7-23/h10-11H,4-9H2,1-3H3,(H,19,25). The number of anilines is 3. The largest absolute Gasteiger partial charge is 0.378 e. The van der Waals surface area contributed by atoms with E-state index in [1.54, 1.807) is 28.2 Å². The fourth-order valence-electron chi connectivity index (χ4n) is 3.39. The Balaban J connectivity index is 1.51. The molecule has 4 rings (SSSR count). The number of amides is 2. The fraction of sp³-hybridized carbons (Fsp3) is 0.556. The highest BCUT2D eigenvalue weighted by atomic mass is 32.1. The molecule has 0 radical (unpaired) electrons. The molecule has 0 bridgehead atoms. The van der Waals surface area contributed by atoms with Crippen molar-refractivity contribution in [1.29, 1.82) is 0 Å². The lowest BCUT2D eigenvalue weighted by atomic mass is 9.92. The van der Waals surface area contributed by atoms with E-state index in [-0.39, 0.29) is 11.8 Å². The lowest BCUT2D eigenvalue weighted by Gasteiger charge is -2.25. The molecule has 0 aliphatic carbocycles. The highest BCUT2D eigenvalue weighted by Crippen LogP contribution is 2.36. The predicted octanol–water partition coefficient (Wildman–Crippen LogP) is 1.73. The van der Waals surface area contributed by atoms with E-state index in [0.29, 0.717) is 37.0 Å². The monoisotopic (exact) mass is 404 g/mol. The van der Waals surface area contributed by atoms with Gasteiger partial charge >= 0.3 is 0 Å². The summed E-state index contributed by atoms with van der Waals surface area (Å²) < 4.78 is 6.96. The van der Waals surface area contributed by atoms with Crippen LogP contribution in [0, 0.1) is 5.41 Å². The van der Waals surface area contributed by atoms with Crippen molar-refractivity contribution in [3.05, 3.63) is 17.3 Å². The second kappa shape index (κ2) is 7.17. The summed E-state index contributed by atoms with van der Waals surface area (Å²) in [5.41, 5.74) is 0.453. The van der Waals surface area contributed by atoms with E-state index in [9.17, 15) is 9.59 Å². The molecule has 0 spiro atoms. The summed E-state index contributed by atoms with van der Waals surface area (Å²) in [7, 11) is 1.77. The molecular formula is C18H24N6O3S. The van der Waals surface area contributed by atoms with Gasteiger partial charge in [0.05, 0.1) is 19.4 Å². The SMILES string of the molecule is Cn1cc(NC(=O)c2csc(N3CCOCC3)n2)c(N2CCC(C)(C)C2=O)n1. The zero-order valence-electron chi connectivity index (χ0n) is 16.3. The zero-order valence-corrected chi connectivity index (χ0v) is 17.1. The Bertz CT molecular complexity index is 899. The minimum atomic E-state index is -0.416. The molecule has 0 aromatic carbocycles. The minimum absolute atomic E-state index is 0.0185. The van der Waals surface area contributed by atoms with Gasteiger partial charge in [-0.1, -0.05) is 13.8 Å². The Morgan fingerprint density at radius 1 is 1.29 bits per heavy atom. The summed E-state index contributed by atoms with van der Waals surface area (Å²) in [6, 6.07) is 0. The van der Waals surface area contributed by atoms with Crippen LogP contribution in [0.1, 0.15) is 30.8 Å². The number of carbonyl (C=O) groups excluding carboxylic acids is 2. The molecule has 2 saturated heterocycles. The topological polar surface area (TPSA) is 92.6 Å². The Kier molecular flexibility index (Phi) is 4.84. The van der Waals surface area contributed by atoms with Crippen molar-refractivity contribution in [2.75, 3.05) is 48.0 Å². The van der Waals surface area contributed by atoms with Crippen molar-refractivity contribution >= 4 is 39.8 Å². The van der Waals surface area contributed by atoms with Crippen LogP contribution in [0.4, 0.5) is 16.6 Å². The maximum atomic E-state index is 12.7. The summed E-state index contributed by atoms with van der Waals surface area (Å²) in [6.45, 7) is 7.32. The predicted molar refractivity (Wildman–Crippen MR) is 107 cm³/mol. The molecule has 0 atom stereocenters. The first-order valence-electron chi connectivity index (χ1n) is 9.30. The van der Waals surface area contributed by atoms with Crippen LogP contribution < -0.4 is 15.1 Å². The lowest BCUT2D eigenvalue weighted by Crippen LogP contribution is -2.36. The van der Waals surface area contributed by atoms with Crippen molar-refractivity contribution in [2.24, 2.45) is 12.5 Å². The van der Waals surface area contributed by atoms with E-state index >= 15 is 0 Å². The molecule has 1 N–H and O–H groups in total. The van der Waals surface area contributed by atoms with Gasteiger partial charge in [-0.05, 0) is 6.42 Å². The van der Waals surface area contributed by atoms with Crippen LogP contribution in [0.25, 0.3) is 0 Å². The Morgan fingerprint density at radius 3 is 2.71 bits per heavy atom. The molecule has 9 nitrogen and oxygen atoms in total. The van der Waals surface area contributed by atoms with Crippen molar-refractivity contribution in [3.8, 4) is 0 Å². The normalized spacial score (nSPS) is 19.3. The van der Waals surface area contributed by atoms with Gasteiger partial charge in [0, 0.05) is 37.5 Å². The highest BCUT2D eigenvalue weighted by Gasteiger charge is 2.41. The van der Waals surface area contributed by atoms with Crippen molar-refractivity contribution in [3.63, 3.8) is 0 Å². The number of aryl methyl sites for hydroxylation is 1. The van der Waals surface area contributed by atoms with E-state index in [4.69, 9.17) is 4.74 Å². The number of morpholine rings is 1. The van der Waals surface area contributed by atoms with E-state index in [0.717, 1.165) is 24.6 Å². The van der Waals surface area contributed by atoms with Crippen LogP contribution in [0.3, 0.4) is 0 Å². The van der Waals surface area contributed by atoms with Gasteiger partial charge in [-0.3, -0.25) is 19.2 Å². The smallest absolute Gasteiger partial charge is 0.275 e. The van der Waals surface area contributed by atoms with Crippen molar-refractivity contribution < 1.29 is 14.3 Å². The first kappa shape index (κ1) is 18.9. The van der Waals surface area contributed by atoms with Crippen LogP contribution in [-0.4, -0.2) is 59.4 Å². The summed E-state index contributed by atoms with van der Waals surface area (Å²) >= 11 is 1.44. The molecule has 28 heavy (non-hydrogen) atoms. The highest BCUT2D eigenvalue weighted by molar-refractivity contribution is 7.14. The number of carbonyl (C=O) groups is 2. The number of hydrogen-bond acceptors (Lipinski definition) is 7. The molecule has 0 saturated carbocycles. The molecule has 0 unspecified atom stereocenters. The van der Waals surface area contributed by atoms with Crippen LogP contribution in [-0.2, 0) is 16.6 Å². The average molecular weight is 404 g/mol. The maximum Gasteiger partial charge on any atom is 0.275 e. The van der Waals surface area contributed by atoms with Gasteiger partial charge in [0.25, 0.3) is 5.91 Å². The fourth-order valence-corrected chi connectivity index (χ4v) is 4.25. The third kappa shape index (κ3) is 3.49. The van der Waals surface area contributed by atoms with Crippen LogP contribution in [0.2, 0.25) is 0 Å². The molecule has 2 aliphatic heterocycles. The number of aromatic nitrogens is 3. The molecule has 2 aliphatic rings. The van der Waals surface area contributed by atoms with Gasteiger partial charge in [-0.2, -0.15) is 5.10 Å². The zero-order chi connectivity index (χ0) is 19.9. The third-order valence-corrected chi connectivity index (χ3v) is 6.01. The molecule has 2 aromatic heterocycles. The minimum Gasteiger partial charge on any atom is -0.378 e. The summed E-state index contributed by atoms with van der Waals surface area (Å²) in [6.07, 6.45) is 2.46. The first-order chi connectivity index (χ1) is 13.3. The molecule has 4 heterocycles.